The lowest BCUT2D eigenvalue weighted by atomic mass is 10.2. The van der Waals surface area contributed by atoms with Crippen LogP contribution < -0.4 is 4.74 Å². The summed E-state index contributed by atoms with van der Waals surface area (Å²) in [5.74, 6) is -0.554. The third-order valence-electron chi connectivity index (χ3n) is 2.67. The molecule has 2 aromatic carbocycles. The standard InChI is InChI=1S/C14H9Cl2NO4/c1-8-2-4-11(16)13(6-8)21-14(18)9-3-5-10(15)12(7-9)17(19)20/h2-7H,1H3. The van der Waals surface area contributed by atoms with Crippen molar-refractivity contribution in [2.45, 2.75) is 6.92 Å². The first-order valence-electron chi connectivity index (χ1n) is 5.81. The van der Waals surface area contributed by atoms with E-state index in [1.807, 2.05) is 6.92 Å². The fraction of sp³-hybridized carbons (Fsp3) is 0.0714. The summed E-state index contributed by atoms with van der Waals surface area (Å²) in [4.78, 5) is 22.2. The van der Waals surface area contributed by atoms with E-state index in [0.717, 1.165) is 11.6 Å². The summed E-state index contributed by atoms with van der Waals surface area (Å²) in [6.07, 6.45) is 0. The Hall–Kier alpha value is -2.11. The van der Waals surface area contributed by atoms with Crippen LogP contribution in [-0.4, -0.2) is 10.9 Å². The predicted octanol–water partition coefficient (Wildman–Crippen LogP) is 4.43. The zero-order valence-electron chi connectivity index (χ0n) is 10.8. The van der Waals surface area contributed by atoms with Crippen LogP contribution in [0.3, 0.4) is 0 Å². The van der Waals surface area contributed by atoms with Crippen molar-refractivity contribution in [2.24, 2.45) is 0 Å². The number of nitro benzene ring substituents is 1. The molecule has 5 nitrogen and oxygen atoms in total. The van der Waals surface area contributed by atoms with Crippen molar-refractivity contribution in [1.29, 1.82) is 0 Å². The van der Waals surface area contributed by atoms with E-state index in [4.69, 9.17) is 27.9 Å². The Morgan fingerprint density at radius 1 is 1.14 bits per heavy atom. The Balaban J connectivity index is 2.30. The zero-order valence-corrected chi connectivity index (χ0v) is 12.3. The molecule has 0 amide bonds. The van der Waals surface area contributed by atoms with Crippen molar-refractivity contribution in [2.75, 3.05) is 0 Å². The second kappa shape index (κ2) is 6.11. The molecule has 0 aromatic heterocycles. The molecule has 0 aliphatic heterocycles. The summed E-state index contributed by atoms with van der Waals surface area (Å²) in [6.45, 7) is 1.82. The highest BCUT2D eigenvalue weighted by Crippen LogP contribution is 2.28. The molecule has 0 aliphatic carbocycles. The first-order valence-corrected chi connectivity index (χ1v) is 6.56. The Bertz CT molecular complexity index is 731. The number of carbonyl (C=O) groups is 1. The first kappa shape index (κ1) is 15.3. The van der Waals surface area contributed by atoms with Crippen LogP contribution in [0.25, 0.3) is 0 Å². The number of carbonyl (C=O) groups excluding carboxylic acids is 1. The predicted molar refractivity (Wildman–Crippen MR) is 79.3 cm³/mol. The second-order valence-corrected chi connectivity index (χ2v) is 5.06. The van der Waals surface area contributed by atoms with Crippen LogP contribution in [0.1, 0.15) is 15.9 Å². The summed E-state index contributed by atoms with van der Waals surface area (Å²) < 4.78 is 5.15. The van der Waals surface area contributed by atoms with Gasteiger partial charge in [-0.05, 0) is 36.8 Å². The highest BCUT2D eigenvalue weighted by atomic mass is 35.5. The average molecular weight is 326 g/mol. The number of halogens is 2. The third kappa shape index (κ3) is 3.51. The molecule has 0 saturated carbocycles. The van der Waals surface area contributed by atoms with E-state index in [9.17, 15) is 14.9 Å². The lowest BCUT2D eigenvalue weighted by Crippen LogP contribution is -2.09. The van der Waals surface area contributed by atoms with E-state index in [0.29, 0.717) is 0 Å². The van der Waals surface area contributed by atoms with E-state index in [1.54, 1.807) is 18.2 Å². The van der Waals surface area contributed by atoms with E-state index < -0.39 is 10.9 Å². The van der Waals surface area contributed by atoms with E-state index >= 15 is 0 Å². The molecule has 0 fully saturated rings. The molecule has 0 saturated heterocycles. The minimum atomic E-state index is -0.748. The monoisotopic (exact) mass is 325 g/mol. The average Bonchev–Trinajstić information content (AvgIpc) is 2.43. The number of esters is 1. The van der Waals surface area contributed by atoms with Gasteiger partial charge in [-0.1, -0.05) is 29.3 Å². The van der Waals surface area contributed by atoms with Crippen LogP contribution in [0.5, 0.6) is 5.75 Å². The number of nitro groups is 1. The van der Waals surface area contributed by atoms with Gasteiger partial charge in [-0.25, -0.2) is 4.79 Å². The van der Waals surface area contributed by atoms with E-state index in [1.165, 1.54) is 12.1 Å². The van der Waals surface area contributed by atoms with Crippen LogP contribution in [0.2, 0.25) is 10.0 Å². The van der Waals surface area contributed by atoms with Gasteiger partial charge < -0.3 is 4.74 Å². The number of rotatable bonds is 3. The third-order valence-corrected chi connectivity index (χ3v) is 3.30. The Kier molecular flexibility index (Phi) is 4.45. The largest absolute Gasteiger partial charge is 0.421 e. The minimum Gasteiger partial charge on any atom is -0.421 e. The van der Waals surface area contributed by atoms with Gasteiger partial charge in [-0.3, -0.25) is 10.1 Å². The van der Waals surface area contributed by atoms with Gasteiger partial charge >= 0.3 is 5.97 Å². The molecule has 0 bridgehead atoms. The maximum atomic E-state index is 12.0. The second-order valence-electron chi connectivity index (χ2n) is 4.25. The smallest absolute Gasteiger partial charge is 0.343 e. The fourth-order valence-corrected chi connectivity index (χ4v) is 1.97. The van der Waals surface area contributed by atoms with Gasteiger partial charge in [0.1, 0.15) is 10.8 Å². The summed E-state index contributed by atoms with van der Waals surface area (Å²) in [6, 6.07) is 8.66. The van der Waals surface area contributed by atoms with Gasteiger partial charge in [-0.15, -0.1) is 0 Å². The molecule has 21 heavy (non-hydrogen) atoms. The van der Waals surface area contributed by atoms with Crippen LogP contribution >= 0.6 is 23.2 Å². The first-order chi connectivity index (χ1) is 9.88. The van der Waals surface area contributed by atoms with E-state index in [2.05, 4.69) is 0 Å². The molecule has 108 valence electrons. The van der Waals surface area contributed by atoms with Gasteiger partial charge in [0, 0.05) is 6.07 Å². The zero-order chi connectivity index (χ0) is 15.6. The number of aryl methyl sites for hydroxylation is 1. The van der Waals surface area contributed by atoms with Crippen molar-refractivity contribution in [3.63, 3.8) is 0 Å². The van der Waals surface area contributed by atoms with Crippen LogP contribution in [0, 0.1) is 17.0 Å². The molecule has 0 heterocycles. The lowest BCUT2D eigenvalue weighted by Gasteiger charge is -2.07. The molecule has 2 aromatic rings. The van der Waals surface area contributed by atoms with Crippen molar-refractivity contribution in [3.05, 3.63) is 67.7 Å². The molecule has 0 N–H and O–H groups in total. The number of benzene rings is 2. The van der Waals surface area contributed by atoms with Crippen molar-refractivity contribution < 1.29 is 14.5 Å². The molecule has 0 radical (unpaired) electrons. The Morgan fingerprint density at radius 3 is 2.48 bits per heavy atom. The van der Waals surface area contributed by atoms with Crippen molar-refractivity contribution >= 4 is 34.9 Å². The molecule has 0 unspecified atom stereocenters. The van der Waals surface area contributed by atoms with Crippen molar-refractivity contribution in [3.8, 4) is 5.75 Å². The fourth-order valence-electron chi connectivity index (χ4n) is 1.63. The molecular weight excluding hydrogens is 317 g/mol. The minimum absolute atomic E-state index is 0.0173. The number of hydrogen-bond acceptors (Lipinski definition) is 4. The van der Waals surface area contributed by atoms with Crippen LogP contribution in [0.4, 0.5) is 5.69 Å². The normalized spacial score (nSPS) is 10.2. The lowest BCUT2D eigenvalue weighted by molar-refractivity contribution is -0.384. The maximum Gasteiger partial charge on any atom is 0.343 e. The van der Waals surface area contributed by atoms with Gasteiger partial charge in [0.05, 0.1) is 15.5 Å². The van der Waals surface area contributed by atoms with Gasteiger partial charge in [0.15, 0.2) is 0 Å². The summed E-state index contributed by atoms with van der Waals surface area (Å²) in [5.41, 5.74) is 0.523. The molecule has 0 spiro atoms. The molecule has 7 heteroatoms. The quantitative estimate of drug-likeness (QED) is 0.362. The van der Waals surface area contributed by atoms with Gasteiger partial charge in [0.2, 0.25) is 0 Å². The topological polar surface area (TPSA) is 69.4 Å². The Morgan fingerprint density at radius 2 is 1.81 bits per heavy atom. The molecule has 0 atom stereocenters. The highest BCUT2D eigenvalue weighted by Gasteiger charge is 2.18. The number of ether oxygens (including phenoxy) is 1. The Labute approximate surface area is 130 Å². The summed E-state index contributed by atoms with van der Waals surface area (Å²) >= 11 is 11.6. The molecule has 2 rings (SSSR count). The van der Waals surface area contributed by atoms with Gasteiger partial charge in [0.25, 0.3) is 5.69 Å². The molecule has 0 aliphatic rings. The van der Waals surface area contributed by atoms with Crippen molar-refractivity contribution in [1.82, 2.24) is 0 Å². The van der Waals surface area contributed by atoms with Crippen LogP contribution in [0.15, 0.2) is 36.4 Å². The number of nitrogens with zero attached hydrogens (tertiary/aromatic N) is 1. The maximum absolute atomic E-state index is 12.0. The van der Waals surface area contributed by atoms with Crippen LogP contribution in [-0.2, 0) is 0 Å². The summed E-state index contributed by atoms with van der Waals surface area (Å²) in [7, 11) is 0. The SMILES string of the molecule is Cc1ccc(Cl)c(OC(=O)c2ccc(Cl)c([N+](=O)[O-])c2)c1. The summed E-state index contributed by atoms with van der Waals surface area (Å²) in [5, 5.41) is 11.0. The van der Waals surface area contributed by atoms with E-state index in [-0.39, 0.29) is 27.0 Å². The highest BCUT2D eigenvalue weighted by molar-refractivity contribution is 6.33. The number of hydrogen-bond donors (Lipinski definition) is 0. The van der Waals surface area contributed by atoms with Gasteiger partial charge in [-0.2, -0.15) is 0 Å². The molecular formula is C14H9Cl2NO4.